The third-order valence-electron chi connectivity index (χ3n) is 3.41. The summed E-state index contributed by atoms with van der Waals surface area (Å²) in [5.41, 5.74) is 6.32. The van der Waals surface area contributed by atoms with Crippen LogP contribution in [0.4, 0.5) is 5.82 Å². The molecule has 0 aliphatic rings. The highest BCUT2D eigenvalue weighted by Gasteiger charge is 2.21. The number of pyridine rings is 1. The van der Waals surface area contributed by atoms with Crippen molar-refractivity contribution in [1.82, 2.24) is 9.29 Å². The van der Waals surface area contributed by atoms with Gasteiger partial charge >= 0.3 is 0 Å². The van der Waals surface area contributed by atoms with E-state index >= 15 is 0 Å². The number of aromatic nitrogens is 1. The lowest BCUT2D eigenvalue weighted by atomic mass is 10.1. The molecule has 0 unspecified atom stereocenters. The molecule has 0 radical (unpaired) electrons. The molecule has 0 aliphatic carbocycles. The van der Waals surface area contributed by atoms with Crippen molar-refractivity contribution in [2.24, 2.45) is 5.92 Å². The Morgan fingerprint density at radius 1 is 1.24 bits per heavy atom. The zero-order valence-corrected chi connectivity index (χ0v) is 13.4. The first-order valence-electron chi connectivity index (χ1n) is 6.93. The molecule has 0 atom stereocenters. The molecule has 1 aromatic carbocycles. The van der Waals surface area contributed by atoms with Crippen molar-refractivity contribution in [2.75, 3.05) is 19.3 Å². The zero-order chi connectivity index (χ0) is 15.6. The number of anilines is 1. The summed E-state index contributed by atoms with van der Waals surface area (Å²) in [4.78, 5) is 4.46. The number of fused-ring (bicyclic) bond motifs is 1. The van der Waals surface area contributed by atoms with E-state index in [4.69, 9.17) is 5.73 Å². The monoisotopic (exact) mass is 307 g/mol. The number of nitrogens with zero attached hydrogens (tertiary/aromatic N) is 2. The number of sulfonamides is 1. The van der Waals surface area contributed by atoms with E-state index in [1.807, 2.05) is 0 Å². The smallest absolute Gasteiger partial charge is 0.242 e. The molecule has 114 valence electrons. The number of benzene rings is 1. The summed E-state index contributed by atoms with van der Waals surface area (Å²) in [7, 11) is -1.85. The van der Waals surface area contributed by atoms with Crippen LogP contribution in [0.5, 0.6) is 0 Å². The quantitative estimate of drug-likeness (QED) is 0.920. The van der Waals surface area contributed by atoms with E-state index in [9.17, 15) is 8.42 Å². The van der Waals surface area contributed by atoms with Crippen LogP contribution in [0.3, 0.4) is 0 Å². The predicted molar refractivity (Wildman–Crippen MR) is 85.4 cm³/mol. The molecule has 0 amide bonds. The first kappa shape index (κ1) is 15.7. The average Bonchev–Trinajstić information content (AvgIpc) is 2.43. The van der Waals surface area contributed by atoms with E-state index in [1.165, 1.54) is 4.31 Å². The second-order valence-electron chi connectivity index (χ2n) is 5.60. The van der Waals surface area contributed by atoms with Gasteiger partial charge in [0.1, 0.15) is 5.82 Å². The van der Waals surface area contributed by atoms with Crippen LogP contribution in [0, 0.1) is 5.92 Å². The van der Waals surface area contributed by atoms with E-state index in [2.05, 4.69) is 18.8 Å². The van der Waals surface area contributed by atoms with Gasteiger partial charge < -0.3 is 5.73 Å². The standard InChI is InChI=1S/C15H21N3O2S/c1-11(2)8-9-18(3)21(19,20)13-5-6-14-12(10-13)4-7-15(16)17-14/h4-7,10-11H,8-9H2,1-3H3,(H2,16,17). The number of nitrogens with two attached hydrogens (primary N) is 1. The predicted octanol–water partition coefficient (Wildman–Crippen LogP) is 2.48. The van der Waals surface area contributed by atoms with E-state index in [0.717, 1.165) is 11.8 Å². The van der Waals surface area contributed by atoms with Crippen LogP contribution in [0.25, 0.3) is 10.9 Å². The van der Waals surface area contributed by atoms with Crippen molar-refractivity contribution >= 4 is 26.7 Å². The third-order valence-corrected chi connectivity index (χ3v) is 5.26. The van der Waals surface area contributed by atoms with Gasteiger partial charge in [0.05, 0.1) is 10.4 Å². The van der Waals surface area contributed by atoms with Crippen molar-refractivity contribution < 1.29 is 8.42 Å². The number of rotatable bonds is 5. The third kappa shape index (κ3) is 3.51. The maximum atomic E-state index is 12.5. The maximum Gasteiger partial charge on any atom is 0.242 e. The Balaban J connectivity index is 2.33. The van der Waals surface area contributed by atoms with Crippen LogP contribution in [-0.4, -0.2) is 31.3 Å². The molecule has 6 heteroatoms. The fraction of sp³-hybridized carbons (Fsp3) is 0.400. The van der Waals surface area contributed by atoms with Crippen molar-refractivity contribution in [3.8, 4) is 0 Å². The van der Waals surface area contributed by atoms with Gasteiger partial charge in [0.2, 0.25) is 10.0 Å². The largest absolute Gasteiger partial charge is 0.384 e. The number of nitrogen functional groups attached to an aromatic ring is 1. The van der Waals surface area contributed by atoms with Gasteiger partial charge in [-0.3, -0.25) is 0 Å². The Kier molecular flexibility index (Phi) is 4.49. The van der Waals surface area contributed by atoms with Crippen molar-refractivity contribution in [2.45, 2.75) is 25.2 Å². The molecule has 0 saturated heterocycles. The molecule has 2 aromatic rings. The molecule has 2 N–H and O–H groups in total. The van der Waals surface area contributed by atoms with Gasteiger partial charge in [0, 0.05) is 19.0 Å². The normalized spacial score (nSPS) is 12.4. The summed E-state index contributed by atoms with van der Waals surface area (Å²) >= 11 is 0. The molecule has 21 heavy (non-hydrogen) atoms. The first-order valence-corrected chi connectivity index (χ1v) is 8.37. The molecule has 0 spiro atoms. The minimum absolute atomic E-state index is 0.285. The molecule has 5 nitrogen and oxygen atoms in total. The highest BCUT2D eigenvalue weighted by Crippen LogP contribution is 2.21. The maximum absolute atomic E-state index is 12.5. The van der Waals surface area contributed by atoms with Gasteiger partial charge in [0.25, 0.3) is 0 Å². The summed E-state index contributed by atoms with van der Waals surface area (Å²) in [6.07, 6.45) is 0.835. The number of hydrogen-bond donors (Lipinski definition) is 1. The summed E-state index contributed by atoms with van der Waals surface area (Å²) in [5.74, 6) is 0.888. The molecule has 1 heterocycles. The minimum Gasteiger partial charge on any atom is -0.384 e. The molecule has 2 rings (SSSR count). The Morgan fingerprint density at radius 2 is 1.95 bits per heavy atom. The molecular weight excluding hydrogens is 286 g/mol. The molecule has 0 aliphatic heterocycles. The van der Waals surface area contributed by atoms with Gasteiger partial charge in [-0.2, -0.15) is 0 Å². The van der Waals surface area contributed by atoms with Gasteiger partial charge in [-0.15, -0.1) is 0 Å². The van der Waals surface area contributed by atoms with Gasteiger partial charge in [-0.1, -0.05) is 13.8 Å². The summed E-state index contributed by atoms with van der Waals surface area (Å²) in [5, 5.41) is 0.766. The first-order chi connectivity index (χ1) is 9.80. The molecular formula is C15H21N3O2S. The Bertz CT molecular complexity index is 742. The highest BCUT2D eigenvalue weighted by molar-refractivity contribution is 7.89. The van der Waals surface area contributed by atoms with Crippen LogP contribution < -0.4 is 5.73 Å². The van der Waals surface area contributed by atoms with Crippen LogP contribution in [0.15, 0.2) is 35.2 Å². The van der Waals surface area contributed by atoms with Crippen LogP contribution in [0.2, 0.25) is 0 Å². The molecule has 0 fully saturated rings. The SMILES string of the molecule is CC(C)CCN(C)S(=O)(=O)c1ccc2nc(N)ccc2c1. The lowest BCUT2D eigenvalue weighted by Gasteiger charge is -2.18. The second-order valence-corrected chi connectivity index (χ2v) is 7.64. The molecule has 0 bridgehead atoms. The molecule has 0 saturated carbocycles. The lowest BCUT2D eigenvalue weighted by Crippen LogP contribution is -2.28. The van der Waals surface area contributed by atoms with Crippen molar-refractivity contribution in [1.29, 1.82) is 0 Å². The van der Waals surface area contributed by atoms with Crippen LogP contribution >= 0.6 is 0 Å². The second kappa shape index (κ2) is 5.99. The Hall–Kier alpha value is -1.66. The van der Waals surface area contributed by atoms with Gasteiger partial charge in [0.15, 0.2) is 0 Å². The minimum atomic E-state index is -3.46. The molecule has 1 aromatic heterocycles. The Labute approximate surface area is 125 Å². The van der Waals surface area contributed by atoms with E-state index in [1.54, 1.807) is 37.4 Å². The fourth-order valence-corrected chi connectivity index (χ4v) is 3.24. The van der Waals surface area contributed by atoms with E-state index < -0.39 is 10.0 Å². The lowest BCUT2D eigenvalue weighted by molar-refractivity contribution is 0.428. The van der Waals surface area contributed by atoms with E-state index in [-0.39, 0.29) is 4.90 Å². The van der Waals surface area contributed by atoms with Crippen molar-refractivity contribution in [3.05, 3.63) is 30.3 Å². The zero-order valence-electron chi connectivity index (χ0n) is 12.6. The van der Waals surface area contributed by atoms with Gasteiger partial charge in [-0.25, -0.2) is 17.7 Å². The summed E-state index contributed by atoms with van der Waals surface area (Å²) in [6.45, 7) is 4.66. The Morgan fingerprint density at radius 3 is 2.62 bits per heavy atom. The summed E-state index contributed by atoms with van der Waals surface area (Å²) < 4.78 is 26.5. The van der Waals surface area contributed by atoms with Crippen LogP contribution in [0.1, 0.15) is 20.3 Å². The van der Waals surface area contributed by atoms with Gasteiger partial charge in [-0.05, 0) is 42.7 Å². The van der Waals surface area contributed by atoms with Crippen molar-refractivity contribution in [3.63, 3.8) is 0 Å². The van der Waals surface area contributed by atoms with Crippen LogP contribution in [-0.2, 0) is 10.0 Å². The fourth-order valence-electron chi connectivity index (χ4n) is 2.02. The topological polar surface area (TPSA) is 76.3 Å². The number of hydrogen-bond acceptors (Lipinski definition) is 4. The average molecular weight is 307 g/mol. The highest BCUT2D eigenvalue weighted by atomic mass is 32.2. The summed E-state index contributed by atoms with van der Waals surface area (Å²) in [6, 6.07) is 8.36. The van der Waals surface area contributed by atoms with E-state index in [0.29, 0.717) is 23.8 Å².